The Kier molecular flexibility index (Phi) is 4.72. The second-order valence-electron chi connectivity index (χ2n) is 7.61. The van der Waals surface area contributed by atoms with Gasteiger partial charge in [-0.1, -0.05) is 5.21 Å². The summed E-state index contributed by atoms with van der Waals surface area (Å²) in [7, 11) is 0. The molecule has 0 aromatic carbocycles. The lowest BCUT2D eigenvalue weighted by molar-refractivity contribution is -0.136. The van der Waals surface area contributed by atoms with Gasteiger partial charge < -0.3 is 9.80 Å². The van der Waals surface area contributed by atoms with Crippen molar-refractivity contribution >= 4 is 11.8 Å². The maximum absolute atomic E-state index is 12.5. The summed E-state index contributed by atoms with van der Waals surface area (Å²) in [6.07, 6.45) is 10.3. The largest absolute Gasteiger partial charge is 0.339 e. The highest BCUT2D eigenvalue weighted by Gasteiger charge is 2.37. The van der Waals surface area contributed by atoms with Crippen LogP contribution in [0.2, 0.25) is 0 Å². The van der Waals surface area contributed by atoms with Gasteiger partial charge in [0.2, 0.25) is 5.91 Å². The topological polar surface area (TPSA) is 71.3 Å². The van der Waals surface area contributed by atoms with Crippen molar-refractivity contribution in [1.82, 2.24) is 24.8 Å². The molecule has 1 saturated carbocycles. The molecule has 3 aliphatic rings. The summed E-state index contributed by atoms with van der Waals surface area (Å²) in [5, 5.41) is 8.18. The summed E-state index contributed by atoms with van der Waals surface area (Å²) >= 11 is 0. The Morgan fingerprint density at radius 3 is 2.56 bits per heavy atom. The Balaban J connectivity index is 1.34. The van der Waals surface area contributed by atoms with E-state index in [2.05, 4.69) is 15.2 Å². The number of nitrogens with zero attached hydrogens (tertiary/aromatic N) is 5. The third-order valence-corrected chi connectivity index (χ3v) is 5.68. The average molecular weight is 345 g/mol. The molecule has 136 valence electrons. The Morgan fingerprint density at radius 1 is 1.04 bits per heavy atom. The van der Waals surface area contributed by atoms with Crippen LogP contribution in [0.15, 0.2) is 6.20 Å². The van der Waals surface area contributed by atoms with Crippen molar-refractivity contribution in [3.05, 3.63) is 11.9 Å². The third kappa shape index (κ3) is 3.70. The number of amides is 2. The van der Waals surface area contributed by atoms with Crippen LogP contribution in [-0.4, -0.2) is 62.3 Å². The van der Waals surface area contributed by atoms with Gasteiger partial charge in [0, 0.05) is 38.1 Å². The number of aromatic nitrogens is 3. The van der Waals surface area contributed by atoms with E-state index < -0.39 is 0 Å². The van der Waals surface area contributed by atoms with E-state index in [0.717, 1.165) is 64.6 Å². The second kappa shape index (κ2) is 7.14. The fourth-order valence-corrected chi connectivity index (χ4v) is 4.02. The predicted molar refractivity (Wildman–Crippen MR) is 91.9 cm³/mol. The normalized spacial score (nSPS) is 23.9. The molecule has 4 rings (SSSR count). The molecule has 0 radical (unpaired) electrons. The first-order chi connectivity index (χ1) is 12.2. The lowest BCUT2D eigenvalue weighted by atomic mass is 9.98. The first kappa shape index (κ1) is 16.5. The number of rotatable bonds is 5. The molecule has 7 nitrogen and oxygen atoms in total. The fraction of sp³-hybridized carbons (Fsp3) is 0.778. The highest BCUT2D eigenvalue weighted by Crippen LogP contribution is 2.33. The molecule has 3 heterocycles. The standard InChI is InChI=1S/C18H27N5O2/c24-17(14-6-7-14)23-11-2-1-5-15(23)8-12-22-13-16(19-20-22)18(25)21-9-3-4-10-21/h13-15H,1-12H2. The number of carbonyl (C=O) groups is 2. The summed E-state index contributed by atoms with van der Waals surface area (Å²) < 4.78 is 1.76. The zero-order valence-corrected chi connectivity index (χ0v) is 14.8. The van der Waals surface area contributed by atoms with Crippen molar-refractivity contribution in [2.75, 3.05) is 19.6 Å². The predicted octanol–water partition coefficient (Wildman–Crippen LogP) is 1.70. The molecule has 25 heavy (non-hydrogen) atoms. The molecule has 1 atom stereocenters. The smallest absolute Gasteiger partial charge is 0.276 e. The number of hydrogen-bond acceptors (Lipinski definition) is 4. The fourth-order valence-electron chi connectivity index (χ4n) is 4.02. The van der Waals surface area contributed by atoms with E-state index in [1.54, 1.807) is 10.9 Å². The zero-order valence-electron chi connectivity index (χ0n) is 14.8. The summed E-state index contributed by atoms with van der Waals surface area (Å²) in [6.45, 7) is 3.26. The van der Waals surface area contributed by atoms with E-state index in [1.165, 1.54) is 6.42 Å². The quantitative estimate of drug-likeness (QED) is 0.814. The molecule has 3 fully saturated rings. The van der Waals surface area contributed by atoms with Crippen molar-refractivity contribution in [3.8, 4) is 0 Å². The monoisotopic (exact) mass is 345 g/mol. The molecule has 0 bridgehead atoms. The lowest BCUT2D eigenvalue weighted by Gasteiger charge is -2.36. The summed E-state index contributed by atoms with van der Waals surface area (Å²) in [4.78, 5) is 28.8. The number of likely N-dealkylation sites (tertiary alicyclic amines) is 2. The Hall–Kier alpha value is -1.92. The zero-order chi connectivity index (χ0) is 17.2. The molecule has 2 aliphatic heterocycles. The minimum atomic E-state index is -0.00745. The van der Waals surface area contributed by atoms with Gasteiger partial charge in [-0.05, 0) is 51.4 Å². The van der Waals surface area contributed by atoms with Crippen molar-refractivity contribution < 1.29 is 9.59 Å². The van der Waals surface area contributed by atoms with Crippen LogP contribution in [0.3, 0.4) is 0 Å². The van der Waals surface area contributed by atoms with Gasteiger partial charge in [-0.3, -0.25) is 14.3 Å². The maximum Gasteiger partial charge on any atom is 0.276 e. The van der Waals surface area contributed by atoms with Crippen molar-refractivity contribution in [3.63, 3.8) is 0 Å². The van der Waals surface area contributed by atoms with Gasteiger partial charge in [0.1, 0.15) is 0 Å². The Morgan fingerprint density at radius 2 is 1.80 bits per heavy atom. The molecule has 0 spiro atoms. The minimum Gasteiger partial charge on any atom is -0.339 e. The van der Waals surface area contributed by atoms with Crippen LogP contribution < -0.4 is 0 Å². The first-order valence-electron chi connectivity index (χ1n) is 9.72. The molecule has 1 aromatic heterocycles. The molecule has 2 amide bonds. The van der Waals surface area contributed by atoms with Crippen LogP contribution in [0.25, 0.3) is 0 Å². The molecular formula is C18H27N5O2. The SMILES string of the molecule is O=C(c1cn(CCC2CCCCN2C(=O)C2CC2)nn1)N1CCCC1. The molecule has 7 heteroatoms. The second-order valence-corrected chi connectivity index (χ2v) is 7.61. The van der Waals surface area contributed by atoms with Crippen molar-refractivity contribution in [1.29, 1.82) is 0 Å². The minimum absolute atomic E-state index is 0.00745. The number of hydrogen-bond donors (Lipinski definition) is 0. The Bertz CT molecular complexity index is 633. The van der Waals surface area contributed by atoms with Gasteiger partial charge in [0.05, 0.1) is 6.20 Å². The molecule has 2 saturated heterocycles. The number of piperidine rings is 1. The summed E-state index contributed by atoms with van der Waals surface area (Å²) in [6, 6.07) is 0.309. The highest BCUT2D eigenvalue weighted by molar-refractivity contribution is 5.92. The van der Waals surface area contributed by atoms with E-state index in [4.69, 9.17) is 0 Å². The number of carbonyl (C=O) groups excluding carboxylic acids is 2. The Labute approximate surface area is 148 Å². The van der Waals surface area contributed by atoms with Gasteiger partial charge >= 0.3 is 0 Å². The van der Waals surface area contributed by atoms with Gasteiger partial charge in [0.15, 0.2) is 5.69 Å². The van der Waals surface area contributed by atoms with Crippen LogP contribution in [-0.2, 0) is 11.3 Å². The van der Waals surface area contributed by atoms with E-state index in [-0.39, 0.29) is 11.8 Å². The van der Waals surface area contributed by atoms with Crippen LogP contribution in [0, 0.1) is 5.92 Å². The summed E-state index contributed by atoms with van der Waals surface area (Å²) in [5.74, 6) is 0.636. The molecule has 1 aromatic rings. The van der Waals surface area contributed by atoms with Gasteiger partial charge in [-0.15, -0.1) is 5.10 Å². The van der Waals surface area contributed by atoms with E-state index in [1.807, 2.05) is 4.90 Å². The van der Waals surface area contributed by atoms with Crippen LogP contribution in [0.1, 0.15) is 61.9 Å². The van der Waals surface area contributed by atoms with Crippen LogP contribution in [0.4, 0.5) is 0 Å². The molecule has 0 N–H and O–H groups in total. The van der Waals surface area contributed by atoms with E-state index in [0.29, 0.717) is 24.2 Å². The maximum atomic E-state index is 12.5. The summed E-state index contributed by atoms with van der Waals surface area (Å²) in [5.41, 5.74) is 0.441. The van der Waals surface area contributed by atoms with E-state index >= 15 is 0 Å². The first-order valence-corrected chi connectivity index (χ1v) is 9.72. The third-order valence-electron chi connectivity index (χ3n) is 5.68. The van der Waals surface area contributed by atoms with Gasteiger partial charge in [0.25, 0.3) is 5.91 Å². The van der Waals surface area contributed by atoms with Crippen LogP contribution in [0.5, 0.6) is 0 Å². The van der Waals surface area contributed by atoms with Crippen molar-refractivity contribution in [2.45, 2.75) is 64.0 Å². The number of aryl methyl sites for hydroxylation is 1. The van der Waals surface area contributed by atoms with Gasteiger partial charge in [-0.25, -0.2) is 0 Å². The lowest BCUT2D eigenvalue weighted by Crippen LogP contribution is -2.45. The molecule has 1 unspecified atom stereocenters. The molecular weight excluding hydrogens is 318 g/mol. The highest BCUT2D eigenvalue weighted by atomic mass is 16.2. The molecule has 1 aliphatic carbocycles. The van der Waals surface area contributed by atoms with Crippen molar-refractivity contribution in [2.24, 2.45) is 5.92 Å². The van der Waals surface area contributed by atoms with E-state index in [9.17, 15) is 9.59 Å². The van der Waals surface area contributed by atoms with Crippen LogP contribution >= 0.6 is 0 Å². The van der Waals surface area contributed by atoms with Gasteiger partial charge in [-0.2, -0.15) is 0 Å². The average Bonchev–Trinajstić information content (AvgIpc) is 3.15.